The number of benzene rings is 1. The Balaban J connectivity index is 2.07. The van der Waals surface area contributed by atoms with Crippen LogP contribution in [0.4, 0.5) is 4.39 Å². The number of para-hydroxylation sites is 1. The molecule has 1 atom stereocenters. The van der Waals surface area contributed by atoms with Crippen LogP contribution >= 0.6 is 0 Å². The quantitative estimate of drug-likeness (QED) is 0.899. The molecule has 0 aliphatic heterocycles. The van der Waals surface area contributed by atoms with Crippen molar-refractivity contribution in [1.29, 1.82) is 0 Å². The van der Waals surface area contributed by atoms with E-state index >= 15 is 0 Å². The van der Waals surface area contributed by atoms with Crippen LogP contribution in [-0.4, -0.2) is 38.4 Å². The predicted octanol–water partition coefficient (Wildman–Crippen LogP) is 1.12. The van der Waals surface area contributed by atoms with E-state index in [1.807, 2.05) is 0 Å². The van der Waals surface area contributed by atoms with Crippen molar-refractivity contribution in [3.63, 3.8) is 0 Å². The smallest absolute Gasteiger partial charge is 0.271 e. The molecule has 5 nitrogen and oxygen atoms in total. The Bertz CT molecular complexity index is 642. The molecule has 0 aliphatic carbocycles. The van der Waals surface area contributed by atoms with Crippen molar-refractivity contribution in [2.75, 3.05) is 18.6 Å². The van der Waals surface area contributed by atoms with Gasteiger partial charge in [-0.25, -0.2) is 9.07 Å². The first kappa shape index (κ1) is 14.4. The largest absolute Gasteiger partial charge is 0.350 e. The predicted molar refractivity (Wildman–Crippen MR) is 74.8 cm³/mol. The first-order chi connectivity index (χ1) is 9.58. The lowest BCUT2D eigenvalue weighted by atomic mass is 10.3. The number of hydrogen-bond acceptors (Lipinski definition) is 3. The zero-order valence-electron chi connectivity index (χ0n) is 10.9. The third-order valence-electron chi connectivity index (χ3n) is 2.60. The number of amides is 1. The Labute approximate surface area is 118 Å². The van der Waals surface area contributed by atoms with E-state index in [1.165, 1.54) is 23.0 Å². The van der Waals surface area contributed by atoms with E-state index in [1.54, 1.807) is 24.5 Å². The second-order valence-corrected chi connectivity index (χ2v) is 5.68. The van der Waals surface area contributed by atoms with Gasteiger partial charge in [0.05, 0.1) is 0 Å². The van der Waals surface area contributed by atoms with Crippen molar-refractivity contribution in [2.24, 2.45) is 0 Å². The summed E-state index contributed by atoms with van der Waals surface area (Å²) < 4.78 is 25.8. The van der Waals surface area contributed by atoms with Crippen LogP contribution in [0, 0.1) is 5.82 Å². The summed E-state index contributed by atoms with van der Waals surface area (Å²) in [6.45, 7) is 0.314. The summed E-state index contributed by atoms with van der Waals surface area (Å²) in [6.07, 6.45) is 3.09. The number of carbonyl (C=O) groups is 1. The van der Waals surface area contributed by atoms with Crippen molar-refractivity contribution in [2.45, 2.75) is 0 Å². The van der Waals surface area contributed by atoms with Gasteiger partial charge in [-0.1, -0.05) is 12.1 Å². The molecule has 0 aliphatic rings. The maximum Gasteiger partial charge on any atom is 0.271 e. The number of halogens is 1. The highest BCUT2D eigenvalue weighted by Crippen LogP contribution is 2.11. The number of aromatic nitrogens is 2. The first-order valence-electron chi connectivity index (χ1n) is 5.97. The van der Waals surface area contributed by atoms with Crippen LogP contribution in [0.25, 0.3) is 5.69 Å². The maximum absolute atomic E-state index is 13.6. The Hall–Kier alpha value is -2.02. The topological polar surface area (TPSA) is 64.0 Å². The minimum atomic E-state index is -0.956. The highest BCUT2D eigenvalue weighted by molar-refractivity contribution is 7.84. The summed E-state index contributed by atoms with van der Waals surface area (Å²) >= 11 is 0. The average molecular weight is 295 g/mol. The molecule has 20 heavy (non-hydrogen) atoms. The van der Waals surface area contributed by atoms with E-state index in [4.69, 9.17) is 0 Å². The third-order valence-corrected chi connectivity index (χ3v) is 3.38. The van der Waals surface area contributed by atoms with E-state index in [2.05, 4.69) is 10.4 Å². The Kier molecular flexibility index (Phi) is 4.62. The Morgan fingerprint density at radius 3 is 2.85 bits per heavy atom. The average Bonchev–Trinajstić information content (AvgIpc) is 2.88. The molecule has 1 heterocycles. The lowest BCUT2D eigenvalue weighted by molar-refractivity contribution is 0.0950. The second-order valence-electron chi connectivity index (χ2n) is 4.13. The molecular weight excluding hydrogens is 281 g/mol. The summed E-state index contributed by atoms with van der Waals surface area (Å²) in [6, 6.07) is 7.68. The van der Waals surface area contributed by atoms with E-state index in [0.717, 1.165) is 0 Å². The molecule has 0 unspecified atom stereocenters. The highest BCUT2D eigenvalue weighted by atomic mass is 32.2. The Morgan fingerprint density at radius 1 is 1.40 bits per heavy atom. The Morgan fingerprint density at radius 2 is 2.15 bits per heavy atom. The molecule has 0 fully saturated rings. The monoisotopic (exact) mass is 295 g/mol. The van der Waals surface area contributed by atoms with E-state index in [-0.39, 0.29) is 17.3 Å². The van der Waals surface area contributed by atoms with Gasteiger partial charge in [-0.3, -0.25) is 9.00 Å². The number of rotatable bonds is 5. The molecule has 0 saturated carbocycles. The summed E-state index contributed by atoms with van der Waals surface area (Å²) in [7, 11) is -0.956. The van der Waals surface area contributed by atoms with Crippen LogP contribution in [-0.2, 0) is 10.8 Å². The van der Waals surface area contributed by atoms with Gasteiger partial charge in [-0.2, -0.15) is 5.10 Å². The molecule has 1 amide bonds. The zero-order chi connectivity index (χ0) is 14.5. The molecule has 1 aromatic carbocycles. The molecule has 0 radical (unpaired) electrons. The zero-order valence-corrected chi connectivity index (χ0v) is 11.7. The fourth-order valence-electron chi connectivity index (χ4n) is 1.62. The van der Waals surface area contributed by atoms with Gasteiger partial charge in [-0.15, -0.1) is 0 Å². The standard InChI is InChI=1S/C13H14FN3O2S/c1-20(19)9-7-15-13(18)11-6-8-17(16-11)12-5-3-2-4-10(12)14/h2-6,8H,7,9H2,1H3,(H,15,18)/t20-/m1/s1. The van der Waals surface area contributed by atoms with Gasteiger partial charge >= 0.3 is 0 Å². The van der Waals surface area contributed by atoms with Gasteiger partial charge in [0.2, 0.25) is 0 Å². The molecule has 0 saturated heterocycles. The van der Waals surface area contributed by atoms with E-state index in [9.17, 15) is 13.4 Å². The van der Waals surface area contributed by atoms with Gasteiger partial charge in [0.1, 0.15) is 11.5 Å². The minimum Gasteiger partial charge on any atom is -0.350 e. The summed E-state index contributed by atoms with van der Waals surface area (Å²) in [5.41, 5.74) is 0.469. The summed E-state index contributed by atoms with van der Waals surface area (Å²) in [4.78, 5) is 11.8. The highest BCUT2D eigenvalue weighted by Gasteiger charge is 2.11. The van der Waals surface area contributed by atoms with Crippen molar-refractivity contribution < 1.29 is 13.4 Å². The fourth-order valence-corrected chi connectivity index (χ4v) is 2.01. The van der Waals surface area contributed by atoms with Gasteiger partial charge in [-0.05, 0) is 18.2 Å². The second kappa shape index (κ2) is 6.42. The van der Waals surface area contributed by atoms with Crippen molar-refractivity contribution in [3.8, 4) is 5.69 Å². The lowest BCUT2D eigenvalue weighted by Crippen LogP contribution is -2.28. The van der Waals surface area contributed by atoms with Crippen molar-refractivity contribution in [3.05, 3.63) is 48.0 Å². The molecular formula is C13H14FN3O2S. The van der Waals surface area contributed by atoms with Crippen LogP contribution in [0.1, 0.15) is 10.5 Å². The number of nitrogens with zero attached hydrogens (tertiary/aromatic N) is 2. The summed E-state index contributed by atoms with van der Waals surface area (Å²) in [5, 5.41) is 6.64. The van der Waals surface area contributed by atoms with Crippen LogP contribution in [0.15, 0.2) is 36.5 Å². The van der Waals surface area contributed by atoms with Crippen molar-refractivity contribution >= 4 is 16.7 Å². The molecule has 0 bridgehead atoms. The van der Waals surface area contributed by atoms with Crippen LogP contribution in [0.3, 0.4) is 0 Å². The molecule has 106 valence electrons. The van der Waals surface area contributed by atoms with Gasteiger partial charge in [0, 0.05) is 35.5 Å². The number of hydrogen-bond donors (Lipinski definition) is 1. The molecule has 0 spiro atoms. The molecule has 1 N–H and O–H groups in total. The SMILES string of the molecule is C[S@@](=O)CCNC(=O)c1ccn(-c2ccccc2F)n1. The van der Waals surface area contributed by atoms with E-state index in [0.29, 0.717) is 12.3 Å². The third kappa shape index (κ3) is 3.51. The first-order valence-corrected chi connectivity index (χ1v) is 7.69. The summed E-state index contributed by atoms with van der Waals surface area (Å²) in [5.74, 6) is -0.394. The fraction of sp³-hybridized carbons (Fsp3) is 0.231. The normalized spacial score (nSPS) is 12.1. The van der Waals surface area contributed by atoms with E-state index < -0.39 is 16.6 Å². The van der Waals surface area contributed by atoms with Crippen molar-refractivity contribution in [1.82, 2.24) is 15.1 Å². The number of nitrogens with one attached hydrogen (secondary N) is 1. The maximum atomic E-state index is 13.6. The molecule has 2 rings (SSSR count). The van der Waals surface area contributed by atoms with Gasteiger partial charge in [0.25, 0.3) is 5.91 Å². The van der Waals surface area contributed by atoms with Crippen LogP contribution < -0.4 is 5.32 Å². The van der Waals surface area contributed by atoms with Crippen LogP contribution in [0.5, 0.6) is 0 Å². The number of carbonyl (C=O) groups excluding carboxylic acids is 1. The molecule has 7 heteroatoms. The lowest BCUT2D eigenvalue weighted by Gasteiger charge is -2.03. The molecule has 1 aromatic heterocycles. The van der Waals surface area contributed by atoms with Crippen LogP contribution in [0.2, 0.25) is 0 Å². The van der Waals surface area contributed by atoms with Gasteiger partial charge in [0.15, 0.2) is 5.69 Å². The minimum absolute atomic E-state index is 0.190. The molecule has 2 aromatic rings. The van der Waals surface area contributed by atoms with Gasteiger partial charge < -0.3 is 5.32 Å².